The third kappa shape index (κ3) is 3.84. The normalized spacial score (nSPS) is 20.3. The Labute approximate surface area is 132 Å². The van der Waals surface area contributed by atoms with Crippen LogP contribution < -0.4 is 0 Å². The van der Waals surface area contributed by atoms with Gasteiger partial charge in [0.15, 0.2) is 0 Å². The van der Waals surface area contributed by atoms with Gasteiger partial charge in [0.2, 0.25) is 0 Å². The van der Waals surface area contributed by atoms with E-state index in [1.165, 1.54) is 17.2 Å². The Balaban J connectivity index is 1.74. The number of fused-ring (bicyclic) bond motifs is 1. The first-order valence-electron chi connectivity index (χ1n) is 7.74. The van der Waals surface area contributed by atoms with Crippen LogP contribution in [0.15, 0.2) is 36.5 Å². The molecule has 0 bridgehead atoms. The molecule has 1 fully saturated rings. The lowest BCUT2D eigenvalue weighted by atomic mass is 9.99. The van der Waals surface area contributed by atoms with Crippen LogP contribution in [0.25, 0.3) is 10.9 Å². The third-order valence-electron chi connectivity index (χ3n) is 4.27. The lowest BCUT2D eigenvalue weighted by molar-refractivity contribution is 0.178. The average molecular weight is 318 g/mol. The molecule has 1 aromatic heterocycles. The number of likely N-dealkylation sites (tertiary alicyclic amines) is 1. The van der Waals surface area contributed by atoms with Crippen LogP contribution in [-0.2, 0) is 16.4 Å². The van der Waals surface area contributed by atoms with Gasteiger partial charge in [-0.15, -0.1) is 0 Å². The van der Waals surface area contributed by atoms with Crippen molar-refractivity contribution in [2.24, 2.45) is 5.92 Å². The van der Waals surface area contributed by atoms with Gasteiger partial charge in [-0.1, -0.05) is 18.2 Å². The summed E-state index contributed by atoms with van der Waals surface area (Å²) in [7, 11) is -2.89. The molecule has 0 amide bonds. The van der Waals surface area contributed by atoms with Gasteiger partial charge < -0.3 is 0 Å². The molecule has 2 aromatic rings. The minimum absolute atomic E-state index is 0.261. The van der Waals surface area contributed by atoms with Crippen LogP contribution in [0.5, 0.6) is 0 Å². The van der Waals surface area contributed by atoms with Crippen molar-refractivity contribution in [1.29, 1.82) is 0 Å². The largest absolute Gasteiger partial charge is 0.299 e. The van der Waals surface area contributed by atoms with E-state index >= 15 is 0 Å². The number of aromatic nitrogens is 1. The van der Waals surface area contributed by atoms with Gasteiger partial charge >= 0.3 is 0 Å². The van der Waals surface area contributed by atoms with E-state index in [4.69, 9.17) is 0 Å². The van der Waals surface area contributed by atoms with Crippen LogP contribution >= 0.6 is 0 Å². The highest BCUT2D eigenvalue weighted by Crippen LogP contribution is 2.23. The summed E-state index contributed by atoms with van der Waals surface area (Å²) >= 11 is 0. The summed E-state index contributed by atoms with van der Waals surface area (Å²) in [5.74, 6) is 0.567. The molecule has 1 aliphatic heterocycles. The topological polar surface area (TPSA) is 50.3 Å². The predicted octanol–water partition coefficient (Wildman–Crippen LogP) is 2.49. The average Bonchev–Trinajstić information content (AvgIpc) is 2.46. The number of hydrogen-bond donors (Lipinski definition) is 0. The summed E-state index contributed by atoms with van der Waals surface area (Å²) in [5, 5.41) is 1.19. The monoisotopic (exact) mass is 318 g/mol. The fourth-order valence-electron chi connectivity index (χ4n) is 3.39. The van der Waals surface area contributed by atoms with Crippen molar-refractivity contribution in [3.63, 3.8) is 0 Å². The van der Waals surface area contributed by atoms with Gasteiger partial charge in [-0.2, -0.15) is 0 Å². The molecular formula is C17H22N2O2S. The molecule has 0 aliphatic carbocycles. The van der Waals surface area contributed by atoms with E-state index in [1.54, 1.807) is 0 Å². The van der Waals surface area contributed by atoms with E-state index in [0.29, 0.717) is 5.75 Å². The molecule has 2 heterocycles. The zero-order valence-corrected chi connectivity index (χ0v) is 13.7. The summed E-state index contributed by atoms with van der Waals surface area (Å²) in [5.41, 5.74) is 2.29. The number of pyridine rings is 1. The van der Waals surface area contributed by atoms with Gasteiger partial charge in [-0.05, 0) is 43.0 Å². The molecule has 118 valence electrons. The van der Waals surface area contributed by atoms with E-state index in [1.807, 2.05) is 24.4 Å². The lowest BCUT2D eigenvalue weighted by Crippen LogP contribution is -2.37. The summed E-state index contributed by atoms with van der Waals surface area (Å²) in [6.45, 7) is 2.77. The highest BCUT2D eigenvalue weighted by atomic mass is 32.2. The minimum Gasteiger partial charge on any atom is -0.299 e. The molecule has 1 aliphatic rings. The predicted molar refractivity (Wildman–Crippen MR) is 89.5 cm³/mol. The molecular weight excluding hydrogens is 296 g/mol. The molecule has 0 unspecified atom stereocenters. The molecule has 3 rings (SSSR count). The Morgan fingerprint density at radius 2 is 2.09 bits per heavy atom. The van der Waals surface area contributed by atoms with Crippen LogP contribution in [0.2, 0.25) is 0 Å². The van der Waals surface area contributed by atoms with Gasteiger partial charge in [0.25, 0.3) is 0 Å². The van der Waals surface area contributed by atoms with E-state index in [-0.39, 0.29) is 5.92 Å². The minimum atomic E-state index is -2.89. The van der Waals surface area contributed by atoms with Gasteiger partial charge in [-0.25, -0.2) is 8.42 Å². The zero-order valence-electron chi connectivity index (χ0n) is 12.9. The van der Waals surface area contributed by atoms with Crippen molar-refractivity contribution in [3.05, 3.63) is 42.1 Å². The SMILES string of the molecule is CS(=O)(=O)C[C@H]1CCCN(Cc2ccnc3ccccc23)C1. The highest BCUT2D eigenvalue weighted by Gasteiger charge is 2.23. The summed E-state index contributed by atoms with van der Waals surface area (Å²) < 4.78 is 23.0. The molecule has 1 atom stereocenters. The van der Waals surface area contributed by atoms with Crippen LogP contribution in [0.3, 0.4) is 0 Å². The standard InChI is InChI=1S/C17H22N2O2S/c1-22(20,21)13-14-5-4-10-19(11-14)12-15-8-9-18-17-7-3-2-6-16(15)17/h2-3,6-9,14H,4-5,10-13H2,1H3/t14-/m0/s1. The van der Waals surface area contributed by atoms with Crippen LogP contribution in [-0.4, -0.2) is 43.4 Å². The van der Waals surface area contributed by atoms with Gasteiger partial charge in [0, 0.05) is 30.9 Å². The van der Waals surface area contributed by atoms with Crippen molar-refractivity contribution >= 4 is 20.7 Å². The smallest absolute Gasteiger partial charge is 0.147 e. The molecule has 0 saturated carbocycles. The Kier molecular flexibility index (Phi) is 4.45. The van der Waals surface area contributed by atoms with Gasteiger partial charge in [-0.3, -0.25) is 9.88 Å². The number of nitrogens with zero attached hydrogens (tertiary/aromatic N) is 2. The fourth-order valence-corrected chi connectivity index (χ4v) is 4.52. The lowest BCUT2D eigenvalue weighted by Gasteiger charge is -2.32. The summed E-state index contributed by atoms with van der Waals surface area (Å²) in [6, 6.07) is 10.2. The maximum atomic E-state index is 11.5. The first-order chi connectivity index (χ1) is 10.5. The first-order valence-corrected chi connectivity index (χ1v) is 9.80. The Morgan fingerprint density at radius 1 is 1.27 bits per heavy atom. The van der Waals surface area contributed by atoms with Gasteiger partial charge in [0.1, 0.15) is 9.84 Å². The fraction of sp³-hybridized carbons (Fsp3) is 0.471. The van der Waals surface area contributed by atoms with Crippen LogP contribution in [0, 0.1) is 5.92 Å². The van der Waals surface area contributed by atoms with E-state index in [0.717, 1.165) is 38.0 Å². The Morgan fingerprint density at radius 3 is 2.91 bits per heavy atom. The Hall–Kier alpha value is -1.46. The van der Waals surface area contributed by atoms with Crippen LogP contribution in [0.1, 0.15) is 18.4 Å². The highest BCUT2D eigenvalue weighted by molar-refractivity contribution is 7.90. The number of para-hydroxylation sites is 1. The molecule has 1 aromatic carbocycles. The molecule has 0 N–H and O–H groups in total. The molecule has 0 radical (unpaired) electrons. The van der Waals surface area contributed by atoms with Crippen molar-refractivity contribution in [2.75, 3.05) is 25.1 Å². The number of sulfone groups is 1. The number of benzene rings is 1. The molecule has 0 spiro atoms. The molecule has 5 heteroatoms. The number of hydrogen-bond acceptors (Lipinski definition) is 4. The van der Waals surface area contributed by atoms with Crippen molar-refractivity contribution < 1.29 is 8.42 Å². The third-order valence-corrected chi connectivity index (χ3v) is 5.35. The number of rotatable bonds is 4. The molecule has 1 saturated heterocycles. The second-order valence-corrected chi connectivity index (χ2v) is 8.51. The first kappa shape index (κ1) is 15.4. The zero-order chi connectivity index (χ0) is 15.6. The Bertz CT molecular complexity index is 753. The quantitative estimate of drug-likeness (QED) is 0.869. The van der Waals surface area contributed by atoms with Gasteiger partial charge in [0.05, 0.1) is 11.3 Å². The molecule has 22 heavy (non-hydrogen) atoms. The van der Waals surface area contributed by atoms with E-state index in [2.05, 4.69) is 22.0 Å². The maximum Gasteiger partial charge on any atom is 0.147 e. The number of piperidine rings is 1. The second kappa shape index (κ2) is 6.34. The van der Waals surface area contributed by atoms with Crippen molar-refractivity contribution in [1.82, 2.24) is 9.88 Å². The summed E-state index contributed by atoms with van der Waals surface area (Å²) in [6.07, 6.45) is 5.28. The van der Waals surface area contributed by atoms with E-state index in [9.17, 15) is 8.42 Å². The second-order valence-electron chi connectivity index (χ2n) is 6.32. The van der Waals surface area contributed by atoms with Crippen molar-refractivity contribution in [3.8, 4) is 0 Å². The summed E-state index contributed by atoms with van der Waals surface area (Å²) in [4.78, 5) is 6.78. The van der Waals surface area contributed by atoms with Crippen molar-refractivity contribution in [2.45, 2.75) is 19.4 Å². The maximum absolute atomic E-state index is 11.5. The van der Waals surface area contributed by atoms with Crippen LogP contribution in [0.4, 0.5) is 0 Å². The molecule has 4 nitrogen and oxygen atoms in total. The van der Waals surface area contributed by atoms with E-state index < -0.39 is 9.84 Å².